The predicted molar refractivity (Wildman–Crippen MR) is 155 cm³/mol. The van der Waals surface area contributed by atoms with Gasteiger partial charge < -0.3 is 19.9 Å². The average Bonchev–Trinajstić information content (AvgIpc) is 3.40. The zero-order valence-corrected chi connectivity index (χ0v) is 23.9. The fourth-order valence-electron chi connectivity index (χ4n) is 6.16. The molecule has 3 atom stereocenters. The molecule has 212 valence electrons. The number of nitrogens with one attached hydrogen (secondary N) is 2. The summed E-state index contributed by atoms with van der Waals surface area (Å²) in [5.74, 6) is -0.0949. The lowest BCUT2D eigenvalue weighted by atomic mass is 9.80. The highest BCUT2D eigenvalue weighted by Gasteiger charge is 2.59. The van der Waals surface area contributed by atoms with Gasteiger partial charge in [-0.05, 0) is 54.5 Å². The van der Waals surface area contributed by atoms with E-state index in [1.54, 1.807) is 13.1 Å². The number of likely N-dealkylation sites (tertiary alicyclic amines) is 1. The van der Waals surface area contributed by atoms with Crippen LogP contribution in [0.1, 0.15) is 62.5 Å². The van der Waals surface area contributed by atoms with Crippen molar-refractivity contribution >= 4 is 34.3 Å². The van der Waals surface area contributed by atoms with Crippen LogP contribution in [-0.4, -0.2) is 64.4 Å². The van der Waals surface area contributed by atoms with Crippen LogP contribution < -0.4 is 10.1 Å². The number of aromatic nitrogens is 1. The van der Waals surface area contributed by atoms with Gasteiger partial charge in [-0.2, -0.15) is 0 Å². The van der Waals surface area contributed by atoms with Gasteiger partial charge in [-0.25, -0.2) is 6.57 Å². The van der Waals surface area contributed by atoms with Gasteiger partial charge in [0.05, 0.1) is 12.5 Å². The first-order valence-electron chi connectivity index (χ1n) is 14.1. The maximum atomic E-state index is 14.3. The van der Waals surface area contributed by atoms with Crippen molar-refractivity contribution in [2.24, 2.45) is 5.41 Å². The third-order valence-corrected chi connectivity index (χ3v) is 8.44. The van der Waals surface area contributed by atoms with Crippen molar-refractivity contribution in [3.63, 3.8) is 0 Å². The quantitative estimate of drug-likeness (QED) is 0.422. The Morgan fingerprint density at radius 2 is 1.95 bits per heavy atom. The molecule has 2 fully saturated rings. The number of para-hydroxylation sites is 1. The summed E-state index contributed by atoms with van der Waals surface area (Å²) in [5.41, 5.74) is 1.42. The number of fused-ring (bicyclic) bond motifs is 3. The van der Waals surface area contributed by atoms with Gasteiger partial charge in [-0.1, -0.05) is 45.0 Å². The fourth-order valence-corrected chi connectivity index (χ4v) is 6.16. The smallest absolute Gasteiger partial charge is 0.302 e. The number of ether oxygens (including phenoxy) is 1. The molecule has 0 bridgehead atoms. The molecule has 1 aliphatic carbocycles. The second-order valence-electron chi connectivity index (χ2n) is 12.8. The topological polar surface area (TPSA) is 99.1 Å². The molecule has 1 spiro atoms. The van der Waals surface area contributed by atoms with E-state index in [4.69, 9.17) is 11.3 Å². The van der Waals surface area contributed by atoms with E-state index >= 15 is 0 Å². The van der Waals surface area contributed by atoms with Crippen molar-refractivity contribution in [1.29, 1.82) is 0 Å². The number of aromatic amines is 1. The van der Waals surface area contributed by atoms with E-state index in [9.17, 15) is 14.4 Å². The maximum absolute atomic E-state index is 14.3. The zero-order valence-electron chi connectivity index (χ0n) is 23.9. The van der Waals surface area contributed by atoms with Crippen LogP contribution in [0.25, 0.3) is 15.7 Å². The summed E-state index contributed by atoms with van der Waals surface area (Å²) in [6.07, 6.45) is 2.09. The first-order chi connectivity index (χ1) is 19.5. The molecule has 9 nitrogen and oxygen atoms in total. The number of rotatable bonds is 6. The minimum Gasteiger partial charge on any atom is -0.490 e. The van der Waals surface area contributed by atoms with Gasteiger partial charge in [0, 0.05) is 30.2 Å². The molecule has 0 radical (unpaired) electrons. The number of H-pyrrole nitrogens is 1. The molecule has 1 aromatic heterocycles. The molecular weight excluding hydrogens is 518 g/mol. The van der Waals surface area contributed by atoms with Crippen LogP contribution in [0.2, 0.25) is 0 Å². The van der Waals surface area contributed by atoms with E-state index in [-0.39, 0.29) is 42.2 Å². The standard InChI is InChI=1S/C32H35N5O4/c1-31(2,3)16-25(36(5)28(38)24-15-20-22(34-24)11-8-12-26(20)41-19-13-14-19)29(39)37-18-32(17-27(37)33-4)21-9-6-7-10-23(21)35-30(32)40/h6-12,15,19,25,27,34H,13-14,16-18H2,1-3,5H3,(H,35,40)/t25-,27-,32-/m0/s1. The van der Waals surface area contributed by atoms with Crippen LogP contribution in [0.5, 0.6) is 5.75 Å². The van der Waals surface area contributed by atoms with Crippen LogP contribution in [0.15, 0.2) is 48.5 Å². The Balaban J connectivity index is 1.31. The number of carbonyl (C=O) groups is 3. The number of benzene rings is 2. The molecule has 9 heteroatoms. The number of likely N-dealkylation sites (N-methyl/N-ethyl adjacent to an activating group) is 1. The van der Waals surface area contributed by atoms with Gasteiger partial charge >= 0.3 is 6.17 Å². The molecule has 3 amide bonds. The van der Waals surface area contributed by atoms with Crippen molar-refractivity contribution in [3.05, 3.63) is 71.2 Å². The molecule has 1 saturated heterocycles. The number of carbonyl (C=O) groups excluding carboxylic acids is 3. The van der Waals surface area contributed by atoms with E-state index in [1.165, 1.54) is 9.80 Å². The zero-order chi connectivity index (χ0) is 29.1. The van der Waals surface area contributed by atoms with Gasteiger partial charge in [0.15, 0.2) is 0 Å². The molecule has 1 saturated carbocycles. The summed E-state index contributed by atoms with van der Waals surface area (Å²) in [7, 11) is 1.64. The first-order valence-corrected chi connectivity index (χ1v) is 14.1. The fraction of sp³-hybridized carbons (Fsp3) is 0.438. The molecule has 3 heterocycles. The lowest BCUT2D eigenvalue weighted by Gasteiger charge is -2.34. The highest BCUT2D eigenvalue weighted by Crippen LogP contribution is 2.47. The van der Waals surface area contributed by atoms with E-state index < -0.39 is 17.6 Å². The number of nitrogens with zero attached hydrogens (tertiary/aromatic N) is 3. The summed E-state index contributed by atoms with van der Waals surface area (Å²) in [6.45, 7) is 14.1. The molecule has 2 N–H and O–H groups in total. The van der Waals surface area contributed by atoms with E-state index in [0.29, 0.717) is 12.1 Å². The SMILES string of the molecule is [C-]#[N+][C@@H]1C[C@@]2(CN1C(=O)[C@H](CC(C)(C)C)N(C)C(=O)c1cc3c(OC4CC4)cccc3[nH]1)C(=O)Nc1ccccc12. The van der Waals surface area contributed by atoms with Gasteiger partial charge in [0.25, 0.3) is 11.8 Å². The van der Waals surface area contributed by atoms with Crippen LogP contribution in [0, 0.1) is 12.0 Å². The van der Waals surface area contributed by atoms with Crippen LogP contribution in [0.3, 0.4) is 0 Å². The van der Waals surface area contributed by atoms with Gasteiger partial charge in [-0.3, -0.25) is 24.1 Å². The monoisotopic (exact) mass is 553 g/mol. The van der Waals surface area contributed by atoms with E-state index in [0.717, 1.165) is 40.7 Å². The van der Waals surface area contributed by atoms with Crippen LogP contribution in [0.4, 0.5) is 5.69 Å². The Labute approximate surface area is 239 Å². The van der Waals surface area contributed by atoms with Gasteiger partial charge in [-0.15, -0.1) is 0 Å². The van der Waals surface area contributed by atoms with E-state index in [1.807, 2.05) is 63.2 Å². The Morgan fingerprint density at radius 3 is 2.66 bits per heavy atom. The molecule has 41 heavy (non-hydrogen) atoms. The van der Waals surface area contributed by atoms with Crippen molar-refractivity contribution in [3.8, 4) is 5.75 Å². The van der Waals surface area contributed by atoms with Crippen LogP contribution >= 0.6 is 0 Å². The Bertz CT molecular complexity index is 1590. The molecule has 3 aliphatic rings. The maximum Gasteiger partial charge on any atom is 0.302 e. The second-order valence-corrected chi connectivity index (χ2v) is 12.8. The summed E-state index contributed by atoms with van der Waals surface area (Å²) < 4.78 is 6.05. The normalized spacial score (nSPS) is 22.4. The lowest BCUT2D eigenvalue weighted by Crippen LogP contribution is -2.52. The summed E-state index contributed by atoms with van der Waals surface area (Å²) >= 11 is 0. The first kappa shape index (κ1) is 26.9. The predicted octanol–water partition coefficient (Wildman–Crippen LogP) is 4.95. The van der Waals surface area contributed by atoms with Crippen molar-refractivity contribution in [2.45, 2.75) is 70.2 Å². The minimum absolute atomic E-state index is 0.0959. The highest BCUT2D eigenvalue weighted by atomic mass is 16.5. The highest BCUT2D eigenvalue weighted by molar-refractivity contribution is 6.07. The molecule has 6 rings (SSSR count). The minimum atomic E-state index is -0.981. The van der Waals surface area contributed by atoms with E-state index in [2.05, 4.69) is 15.1 Å². The molecule has 0 unspecified atom stereocenters. The number of amides is 3. The molecule has 3 aromatic rings. The van der Waals surface area contributed by atoms with Crippen LogP contribution in [-0.2, 0) is 15.0 Å². The number of hydrogen-bond acceptors (Lipinski definition) is 4. The summed E-state index contributed by atoms with van der Waals surface area (Å²) in [4.78, 5) is 51.4. The lowest BCUT2D eigenvalue weighted by molar-refractivity contribution is -0.137. The van der Waals surface area contributed by atoms with Crippen molar-refractivity contribution in [1.82, 2.24) is 14.8 Å². The Morgan fingerprint density at radius 1 is 1.20 bits per heavy atom. The molecular formula is C32H35N5O4. The Kier molecular flexibility index (Phi) is 6.33. The van der Waals surface area contributed by atoms with Crippen molar-refractivity contribution in [2.75, 3.05) is 18.9 Å². The Hall–Kier alpha value is -4.32. The number of hydrogen-bond donors (Lipinski definition) is 2. The number of anilines is 1. The molecule has 2 aromatic carbocycles. The largest absolute Gasteiger partial charge is 0.490 e. The summed E-state index contributed by atoms with van der Waals surface area (Å²) in [6, 6.07) is 14.1. The second kappa shape index (κ2) is 9.65. The average molecular weight is 554 g/mol. The van der Waals surface area contributed by atoms with Gasteiger partial charge in [0.2, 0.25) is 5.91 Å². The van der Waals surface area contributed by atoms with Gasteiger partial charge in [0.1, 0.15) is 22.9 Å². The summed E-state index contributed by atoms with van der Waals surface area (Å²) in [5, 5.41) is 3.77. The molecule has 2 aliphatic heterocycles. The third-order valence-electron chi connectivity index (χ3n) is 8.44. The third kappa shape index (κ3) is 4.71. The van der Waals surface area contributed by atoms with Crippen molar-refractivity contribution < 1.29 is 19.1 Å².